The minimum Gasteiger partial charge on any atom is -0.503 e. The van der Waals surface area contributed by atoms with E-state index in [-0.39, 0.29) is 17.8 Å². The highest BCUT2D eigenvalue weighted by Crippen LogP contribution is 2.20. The molecular weight excluding hydrogens is 546 g/mol. The van der Waals surface area contributed by atoms with Crippen molar-refractivity contribution in [2.24, 2.45) is 0 Å². The Morgan fingerprint density at radius 3 is 2.46 bits per heavy atom. The van der Waals surface area contributed by atoms with Gasteiger partial charge in [0.1, 0.15) is 6.04 Å². The number of methoxy groups -OCH3 is 1. The molecule has 0 fully saturated rings. The maximum absolute atomic E-state index is 13.6. The summed E-state index contributed by atoms with van der Waals surface area (Å²) in [6.07, 6.45) is 5.22. The molecule has 0 saturated heterocycles. The van der Waals surface area contributed by atoms with E-state index in [1.807, 2.05) is 0 Å². The highest BCUT2D eigenvalue weighted by Gasteiger charge is 2.28. The normalized spacial score (nSPS) is 11.6. The van der Waals surface area contributed by atoms with Gasteiger partial charge in [0, 0.05) is 35.0 Å². The number of benzene rings is 3. The van der Waals surface area contributed by atoms with Gasteiger partial charge in [0.15, 0.2) is 5.78 Å². The lowest BCUT2D eigenvalue weighted by Gasteiger charge is -2.27. The molecule has 0 aliphatic heterocycles. The number of halogens is 1. The van der Waals surface area contributed by atoms with Gasteiger partial charge in [-0.1, -0.05) is 23.7 Å². The Balaban J connectivity index is 2.01. The van der Waals surface area contributed by atoms with Gasteiger partial charge in [-0.05, 0) is 78.7 Å². The molecule has 0 radical (unpaired) electrons. The summed E-state index contributed by atoms with van der Waals surface area (Å²) in [5, 5.41) is 21.6. The lowest BCUT2D eigenvalue weighted by Crippen LogP contribution is -2.45. The number of nitriles is 1. The number of carboxylic acids is 1. The summed E-state index contributed by atoms with van der Waals surface area (Å²) >= 11 is 6.10. The van der Waals surface area contributed by atoms with Crippen molar-refractivity contribution in [3.63, 3.8) is 0 Å². The van der Waals surface area contributed by atoms with Crippen molar-refractivity contribution in [3.05, 3.63) is 118 Å². The van der Waals surface area contributed by atoms with Gasteiger partial charge >= 0.3 is 5.97 Å². The van der Waals surface area contributed by atoms with Gasteiger partial charge < -0.3 is 15.2 Å². The number of carbonyl (C=O) groups is 4. The number of hydrogen-bond donors (Lipinski definition) is 2. The predicted molar refractivity (Wildman–Crippen MR) is 154 cm³/mol. The van der Waals surface area contributed by atoms with Crippen LogP contribution in [0.25, 0.3) is 6.08 Å². The number of amides is 2. The van der Waals surface area contributed by atoms with E-state index in [4.69, 9.17) is 21.4 Å². The van der Waals surface area contributed by atoms with Crippen molar-refractivity contribution in [2.45, 2.75) is 19.4 Å². The second kappa shape index (κ2) is 14.3. The number of anilines is 1. The molecule has 41 heavy (non-hydrogen) atoms. The van der Waals surface area contributed by atoms with E-state index in [0.29, 0.717) is 33.0 Å². The number of ether oxygens (including phenoxy) is 1. The van der Waals surface area contributed by atoms with Crippen LogP contribution in [0.1, 0.15) is 44.3 Å². The lowest BCUT2D eigenvalue weighted by atomic mass is 10.0. The van der Waals surface area contributed by atoms with Gasteiger partial charge in [-0.25, -0.2) is 4.79 Å². The predicted octanol–water partition coefficient (Wildman–Crippen LogP) is 5.32. The molecule has 2 N–H and O–H groups in total. The van der Waals surface area contributed by atoms with E-state index in [9.17, 15) is 24.4 Å². The summed E-state index contributed by atoms with van der Waals surface area (Å²) in [6, 6.07) is 17.8. The first-order valence-corrected chi connectivity index (χ1v) is 12.6. The Hall–Kier alpha value is -5.20. The smallest absolute Gasteiger partial charge is 0.335 e. The van der Waals surface area contributed by atoms with E-state index in [1.54, 1.807) is 42.5 Å². The number of hydrogen-bond acceptors (Lipinski definition) is 6. The van der Waals surface area contributed by atoms with Crippen LogP contribution in [0.2, 0.25) is 5.02 Å². The number of nitrogens with zero attached hydrogens (tertiary/aromatic N) is 2. The molecule has 9 nitrogen and oxygen atoms in total. The van der Waals surface area contributed by atoms with Crippen LogP contribution in [-0.4, -0.2) is 46.7 Å². The molecule has 10 heteroatoms. The zero-order chi connectivity index (χ0) is 29.9. The van der Waals surface area contributed by atoms with Crippen LogP contribution in [0.4, 0.5) is 5.69 Å². The molecule has 0 heterocycles. The minimum absolute atomic E-state index is 0.0259. The molecule has 0 spiro atoms. The Bertz CT molecular complexity index is 1560. The average Bonchev–Trinajstić information content (AvgIpc) is 2.95. The molecule has 0 saturated carbocycles. The highest BCUT2D eigenvalue weighted by molar-refractivity contribution is 6.31. The molecule has 3 aromatic rings. The van der Waals surface area contributed by atoms with Crippen LogP contribution in [0, 0.1) is 11.3 Å². The molecule has 0 aromatic heterocycles. The van der Waals surface area contributed by atoms with Crippen LogP contribution >= 0.6 is 11.6 Å². The van der Waals surface area contributed by atoms with Gasteiger partial charge in [-0.3, -0.25) is 19.3 Å². The van der Waals surface area contributed by atoms with Crippen molar-refractivity contribution in [2.75, 3.05) is 12.4 Å². The van der Waals surface area contributed by atoms with Crippen LogP contribution in [0.15, 0.2) is 85.3 Å². The van der Waals surface area contributed by atoms with E-state index in [1.165, 1.54) is 62.9 Å². The quantitative estimate of drug-likeness (QED) is 0.180. The molecule has 0 bridgehead atoms. The molecule has 2 amide bonds. The van der Waals surface area contributed by atoms with Gasteiger partial charge in [-0.2, -0.15) is 5.26 Å². The maximum Gasteiger partial charge on any atom is 0.335 e. The monoisotopic (exact) mass is 571 g/mol. The minimum atomic E-state index is -1.13. The fourth-order valence-corrected chi connectivity index (χ4v) is 4.11. The van der Waals surface area contributed by atoms with Crippen LogP contribution in [0.3, 0.4) is 0 Å². The Morgan fingerprint density at radius 1 is 1.10 bits per heavy atom. The number of nitrogens with one attached hydrogen (secondary N) is 1. The largest absolute Gasteiger partial charge is 0.503 e. The summed E-state index contributed by atoms with van der Waals surface area (Å²) < 4.78 is 5.03. The van der Waals surface area contributed by atoms with Crippen molar-refractivity contribution in [1.82, 2.24) is 4.90 Å². The Morgan fingerprint density at radius 2 is 1.83 bits per heavy atom. The van der Waals surface area contributed by atoms with Crippen LogP contribution in [-0.2, 0) is 20.7 Å². The number of ketones is 1. The van der Waals surface area contributed by atoms with Gasteiger partial charge in [-0.15, -0.1) is 0 Å². The standard InChI is InChI=1S/C31H26ClN3O6/c1-20(36)27-12-9-25(32)18-24(27)8-13-29(37)35(14-15-41-2)28(17-21-4-3-5-22(16-21)19-33)30(38)34-26-10-6-23(7-11-26)31(39)40/h3-16,18,28H,17H2,1-2H3,(H,34,38)(H,39,40)/b13-8+,15-14+/t28-/m0/s1. The zero-order valence-electron chi connectivity index (χ0n) is 22.2. The lowest BCUT2D eigenvalue weighted by molar-refractivity contribution is -0.131. The first-order chi connectivity index (χ1) is 19.6. The van der Waals surface area contributed by atoms with Gasteiger partial charge in [0.25, 0.3) is 5.91 Å². The molecule has 0 aliphatic rings. The molecular formula is C31H26ClN3O6. The third-order valence-corrected chi connectivity index (χ3v) is 6.17. The summed E-state index contributed by atoms with van der Waals surface area (Å²) in [7, 11) is 1.38. The maximum atomic E-state index is 13.6. The van der Waals surface area contributed by atoms with E-state index in [0.717, 1.165) is 4.90 Å². The topological polar surface area (TPSA) is 137 Å². The molecule has 1 atom stereocenters. The van der Waals surface area contributed by atoms with Gasteiger partial charge in [0.05, 0.1) is 30.6 Å². The molecule has 0 unspecified atom stereocenters. The number of rotatable bonds is 11. The van der Waals surface area contributed by atoms with E-state index in [2.05, 4.69) is 11.4 Å². The van der Waals surface area contributed by atoms with Crippen molar-refractivity contribution in [1.29, 1.82) is 5.26 Å². The summed E-state index contributed by atoms with van der Waals surface area (Å²) in [5.74, 6) is -2.51. The number of carbonyl (C=O) groups excluding carboxylic acids is 3. The summed E-state index contributed by atoms with van der Waals surface area (Å²) in [4.78, 5) is 51.6. The first-order valence-electron chi connectivity index (χ1n) is 12.3. The number of Topliss-reactive ketones (excluding diaryl/α,β-unsaturated/α-hetero) is 1. The molecule has 0 aliphatic carbocycles. The fraction of sp³-hybridized carbons (Fsp3) is 0.129. The fourth-order valence-electron chi connectivity index (χ4n) is 3.93. The second-order valence-corrected chi connectivity index (χ2v) is 9.23. The van der Waals surface area contributed by atoms with Gasteiger partial charge in [0.2, 0.25) is 5.91 Å². The summed E-state index contributed by atoms with van der Waals surface area (Å²) in [6.45, 7) is 1.40. The average molecular weight is 572 g/mol. The van der Waals surface area contributed by atoms with Crippen LogP contribution in [0.5, 0.6) is 0 Å². The molecule has 208 valence electrons. The third kappa shape index (κ3) is 8.39. The zero-order valence-corrected chi connectivity index (χ0v) is 23.0. The number of carboxylic acid groups (broad SMARTS) is 1. The Kier molecular flexibility index (Phi) is 10.6. The van der Waals surface area contributed by atoms with Crippen molar-refractivity contribution < 1.29 is 29.0 Å². The van der Waals surface area contributed by atoms with Crippen LogP contribution < -0.4 is 5.32 Å². The van der Waals surface area contributed by atoms with Crippen molar-refractivity contribution in [3.8, 4) is 6.07 Å². The first kappa shape index (κ1) is 30.3. The van der Waals surface area contributed by atoms with Crippen molar-refractivity contribution >= 4 is 46.9 Å². The highest BCUT2D eigenvalue weighted by atomic mass is 35.5. The second-order valence-electron chi connectivity index (χ2n) is 8.79. The number of aromatic carboxylic acids is 1. The molecule has 3 rings (SSSR count). The molecule has 3 aromatic carbocycles. The summed E-state index contributed by atoms with van der Waals surface area (Å²) in [5.41, 5.74) is 2.16. The van der Waals surface area contributed by atoms with E-state index >= 15 is 0 Å². The Labute approximate surface area is 241 Å². The SMILES string of the molecule is CO/C=C/N(C(=O)/C=C/c1cc(Cl)ccc1C(C)=O)[C@@H](Cc1cccc(C#N)c1)C(=O)Nc1ccc(C(=O)O)cc1. The van der Waals surface area contributed by atoms with E-state index < -0.39 is 23.8 Å². The third-order valence-electron chi connectivity index (χ3n) is 5.93.